The zero-order valence-corrected chi connectivity index (χ0v) is 27.0. The molecule has 3 saturated carbocycles. The van der Waals surface area contributed by atoms with Crippen molar-refractivity contribution in [1.82, 2.24) is 0 Å². The first-order valence-electron chi connectivity index (χ1n) is 14.1. The number of fused-ring (bicyclic) bond motifs is 5. The summed E-state index contributed by atoms with van der Waals surface area (Å²) < 4.78 is 3.50. The minimum absolute atomic E-state index is 0. The number of rotatable bonds is 2. The van der Waals surface area contributed by atoms with Crippen molar-refractivity contribution in [2.24, 2.45) is 35.6 Å². The van der Waals surface area contributed by atoms with Gasteiger partial charge in [0.25, 0.3) is 0 Å². The Morgan fingerprint density at radius 1 is 1.03 bits per heavy atom. The maximum atomic E-state index is 11.6. The summed E-state index contributed by atoms with van der Waals surface area (Å²) in [5, 5.41) is 11.6. The molecule has 1 aromatic heterocycles. The summed E-state index contributed by atoms with van der Waals surface area (Å²) in [6.07, 6.45) is 18.6. The molecule has 7 atom stereocenters. The van der Waals surface area contributed by atoms with Gasteiger partial charge < -0.3 is 57.5 Å². The maximum absolute atomic E-state index is 11.6. The summed E-state index contributed by atoms with van der Waals surface area (Å²) in [7, 11) is 4.65. The second-order valence-electron chi connectivity index (χ2n) is 13.4. The van der Waals surface area contributed by atoms with Crippen molar-refractivity contribution in [3.63, 3.8) is 0 Å². The Bertz CT molecular complexity index is 1030. The zero-order chi connectivity index (χ0) is 23.7. The highest BCUT2D eigenvalue weighted by atomic mass is 127. The molecule has 4 fully saturated rings. The molecule has 0 spiro atoms. The van der Waals surface area contributed by atoms with E-state index in [0.717, 1.165) is 24.3 Å². The number of likely N-dealkylation sites (tertiary alicyclic amines) is 1. The van der Waals surface area contributed by atoms with E-state index in [1.807, 2.05) is 5.57 Å². The minimum atomic E-state index is -0.299. The fourth-order valence-corrected chi connectivity index (χ4v) is 9.47. The van der Waals surface area contributed by atoms with Crippen molar-refractivity contribution < 1.29 is 62.1 Å². The third-order valence-corrected chi connectivity index (χ3v) is 11.8. The van der Waals surface area contributed by atoms with Gasteiger partial charge in [-0.2, -0.15) is 0 Å². The fraction of sp³-hybridized carbons (Fsp3) is 0.710. The highest BCUT2D eigenvalue weighted by molar-refractivity contribution is 5.50. The van der Waals surface area contributed by atoms with Gasteiger partial charge in [0.05, 0.1) is 32.3 Å². The maximum Gasteiger partial charge on any atom is 0.204 e. The number of hydrogen-bond donors (Lipinski definition) is 1. The highest BCUT2D eigenvalue weighted by Gasteiger charge is 2.60. The molecule has 1 saturated heterocycles. The molecule has 1 aromatic rings. The van der Waals surface area contributed by atoms with E-state index in [-0.39, 0.29) is 59.5 Å². The molecule has 3 nitrogen and oxygen atoms in total. The second-order valence-corrected chi connectivity index (χ2v) is 13.4. The summed E-state index contributed by atoms with van der Waals surface area (Å²) in [6.45, 7) is 7.83. The van der Waals surface area contributed by atoms with Crippen LogP contribution in [-0.2, 0) is 7.05 Å². The molecule has 0 radical (unpaired) electrons. The molecule has 0 unspecified atom stereocenters. The highest BCUT2D eigenvalue weighted by Crippen LogP contribution is 2.66. The number of pyridine rings is 1. The number of aliphatic hydroxyl groups is 1. The van der Waals surface area contributed by atoms with E-state index in [1.54, 1.807) is 0 Å². The Labute approximate surface area is 253 Å². The number of aliphatic hydroxyl groups excluding tert-OH is 1. The summed E-state index contributed by atoms with van der Waals surface area (Å²) in [5.74, 6) is 2.14. The number of aryl methyl sites for hydroxylation is 1. The Balaban J connectivity index is 0.00000152. The molecule has 0 bridgehead atoms. The second kappa shape index (κ2) is 10.5. The van der Waals surface area contributed by atoms with E-state index in [1.165, 1.54) is 80.2 Å². The van der Waals surface area contributed by atoms with Gasteiger partial charge in [0.15, 0.2) is 6.20 Å². The number of allylic oxidation sites excluding steroid dienone is 1. The zero-order valence-electron chi connectivity index (χ0n) is 22.7. The first kappa shape index (κ1) is 29.0. The Morgan fingerprint density at radius 3 is 2.50 bits per heavy atom. The minimum Gasteiger partial charge on any atom is -1.00 e. The van der Waals surface area contributed by atoms with Crippen molar-refractivity contribution in [3.05, 3.63) is 47.3 Å². The van der Waals surface area contributed by atoms with Gasteiger partial charge in [0.1, 0.15) is 7.05 Å². The molecule has 2 heterocycles. The number of nitrogens with zero attached hydrogens (tertiary/aromatic N) is 2. The van der Waals surface area contributed by atoms with Crippen LogP contribution < -0.4 is 52.5 Å². The predicted molar refractivity (Wildman–Crippen MR) is 138 cm³/mol. The van der Waals surface area contributed by atoms with E-state index in [9.17, 15) is 5.11 Å². The van der Waals surface area contributed by atoms with Crippen LogP contribution >= 0.6 is 0 Å². The summed E-state index contributed by atoms with van der Waals surface area (Å²) in [4.78, 5) is 0. The van der Waals surface area contributed by atoms with Gasteiger partial charge in [-0.1, -0.05) is 25.5 Å². The van der Waals surface area contributed by atoms with Crippen LogP contribution in [0.1, 0.15) is 77.3 Å². The molecular weight excluding hydrogens is 670 g/mol. The normalized spacial score (nSPS) is 41.9. The van der Waals surface area contributed by atoms with Gasteiger partial charge >= 0.3 is 0 Å². The Hall–Kier alpha value is 0.01000. The average molecular weight is 717 g/mol. The first-order valence-corrected chi connectivity index (χ1v) is 14.1. The van der Waals surface area contributed by atoms with Crippen LogP contribution in [0.25, 0.3) is 6.08 Å². The quantitative estimate of drug-likeness (QED) is 0.189. The monoisotopic (exact) mass is 716 g/mol. The molecule has 0 amide bonds. The Morgan fingerprint density at radius 2 is 1.78 bits per heavy atom. The van der Waals surface area contributed by atoms with Crippen LogP contribution in [0, 0.1) is 28.6 Å². The topological polar surface area (TPSA) is 24.1 Å². The number of aromatic nitrogens is 1. The van der Waals surface area contributed by atoms with Crippen LogP contribution in [-0.4, -0.2) is 41.9 Å². The molecular formula is C31H46I2N2O. The molecule has 200 valence electrons. The van der Waals surface area contributed by atoms with Gasteiger partial charge in [-0.15, -0.1) is 0 Å². The average Bonchev–Trinajstić information content (AvgIpc) is 3.37. The van der Waals surface area contributed by atoms with Gasteiger partial charge in [0.2, 0.25) is 5.69 Å². The lowest BCUT2D eigenvalue weighted by molar-refractivity contribution is -0.923. The lowest BCUT2D eigenvalue weighted by Crippen LogP contribution is -3.00. The first-order chi connectivity index (χ1) is 16.2. The summed E-state index contributed by atoms with van der Waals surface area (Å²) in [5.41, 5.74) is 4.71. The van der Waals surface area contributed by atoms with Crippen LogP contribution in [0.4, 0.5) is 0 Å². The largest absolute Gasteiger partial charge is 1.00 e. The van der Waals surface area contributed by atoms with Crippen LogP contribution in [0.15, 0.2) is 41.6 Å². The number of halogens is 2. The van der Waals surface area contributed by atoms with E-state index in [4.69, 9.17) is 0 Å². The molecule has 5 aliphatic rings. The van der Waals surface area contributed by atoms with E-state index >= 15 is 0 Å². The molecule has 1 N–H and O–H groups in total. The van der Waals surface area contributed by atoms with Crippen LogP contribution in [0.5, 0.6) is 0 Å². The number of quaternary nitrogens is 1. The molecule has 0 aromatic carbocycles. The smallest absolute Gasteiger partial charge is 0.204 e. The van der Waals surface area contributed by atoms with E-state index < -0.39 is 0 Å². The molecule has 6 rings (SSSR count). The van der Waals surface area contributed by atoms with Gasteiger partial charge in [0, 0.05) is 49.3 Å². The van der Waals surface area contributed by atoms with E-state index in [2.05, 4.69) is 69.1 Å². The summed E-state index contributed by atoms with van der Waals surface area (Å²) in [6, 6.07) is 7.20. The van der Waals surface area contributed by atoms with Crippen LogP contribution in [0.2, 0.25) is 0 Å². The van der Waals surface area contributed by atoms with Gasteiger partial charge in [-0.3, -0.25) is 0 Å². The predicted octanol–water partition coefficient (Wildman–Crippen LogP) is -0.555. The standard InChI is InChI=1S/C31H46N2O.2HI/c1-30-14-12-25(33(4)17-7-8-18-33)21-23(30)10-11-26-27(30)13-15-31(2)28(26)20-22(29(31)34)19-24-9-5-6-16-32(24)3;;/h5-6,9-10,16,19,25-29,34H,7-8,11-15,17-18,20-21H2,1-4H3;2*1H/q+2;;/p-2/b22-19+;;/t25-,26+,27-,28-,29-,30-,31-;;/m0../s1. The molecule has 4 aliphatic carbocycles. The molecule has 5 heteroatoms. The van der Waals surface area contributed by atoms with Crippen molar-refractivity contribution in [2.75, 3.05) is 20.1 Å². The van der Waals surface area contributed by atoms with Crippen molar-refractivity contribution >= 4 is 6.08 Å². The summed E-state index contributed by atoms with van der Waals surface area (Å²) >= 11 is 0. The van der Waals surface area contributed by atoms with Crippen molar-refractivity contribution in [3.8, 4) is 0 Å². The van der Waals surface area contributed by atoms with E-state index in [0.29, 0.717) is 11.3 Å². The lowest BCUT2D eigenvalue weighted by atomic mass is 9.47. The molecule has 36 heavy (non-hydrogen) atoms. The number of hydrogen-bond acceptors (Lipinski definition) is 1. The SMILES string of the molecule is C[n+]1ccccc1/C=C1\C[C@H]2[C@@H]3CC=C4C[C@@H]([N+]5(C)CCCC5)CC[C@]4(C)[C@H]3CC[C@]2(C)[C@H]1O.[I-].[I-]. The fourth-order valence-electron chi connectivity index (χ4n) is 9.47. The van der Waals surface area contributed by atoms with Crippen molar-refractivity contribution in [2.45, 2.75) is 83.8 Å². The lowest BCUT2D eigenvalue weighted by Gasteiger charge is -2.58. The molecule has 1 aliphatic heterocycles. The third kappa shape index (κ3) is 4.47. The van der Waals surface area contributed by atoms with Crippen LogP contribution in [0.3, 0.4) is 0 Å². The third-order valence-electron chi connectivity index (χ3n) is 11.8. The Kier molecular flexibility index (Phi) is 8.48. The van der Waals surface area contributed by atoms with Gasteiger partial charge in [-0.25, -0.2) is 4.57 Å². The van der Waals surface area contributed by atoms with Crippen molar-refractivity contribution in [1.29, 1.82) is 0 Å². The van der Waals surface area contributed by atoms with Gasteiger partial charge in [-0.05, 0) is 66.9 Å².